The van der Waals surface area contributed by atoms with E-state index in [1.54, 1.807) is 6.20 Å². The number of carbonyl (C=O) groups excluding carboxylic acids is 1. The van der Waals surface area contributed by atoms with E-state index in [9.17, 15) is 4.79 Å². The average Bonchev–Trinajstić information content (AvgIpc) is 2.34. The van der Waals surface area contributed by atoms with Crippen molar-refractivity contribution in [3.05, 3.63) is 10.7 Å². The lowest BCUT2D eigenvalue weighted by Gasteiger charge is -2.19. The number of hydrogen-bond acceptors (Lipinski definition) is 6. The van der Waals surface area contributed by atoms with Gasteiger partial charge in [-0.2, -0.15) is 0 Å². The maximum atomic E-state index is 11.7. The first-order valence-corrected chi connectivity index (χ1v) is 8.20. The van der Waals surface area contributed by atoms with Crippen molar-refractivity contribution in [2.75, 3.05) is 17.6 Å². The van der Waals surface area contributed by atoms with E-state index in [1.807, 2.05) is 20.8 Å². The highest BCUT2D eigenvalue weighted by Gasteiger charge is 2.17. The Morgan fingerprint density at radius 3 is 2.80 bits per heavy atom. The van der Waals surface area contributed by atoms with Gasteiger partial charge in [0.05, 0.1) is 10.2 Å². The highest BCUT2D eigenvalue weighted by molar-refractivity contribution is 9.10. The zero-order valence-corrected chi connectivity index (χ0v) is 14.6. The number of nitrogens with one attached hydrogen (secondary N) is 1. The molecule has 0 amide bonds. The molecule has 1 aromatic rings. The first kappa shape index (κ1) is 17.2. The summed E-state index contributed by atoms with van der Waals surface area (Å²) in [6.07, 6.45) is 2.68. The summed E-state index contributed by atoms with van der Waals surface area (Å²) in [6.45, 7) is 8.44. The molecule has 0 aliphatic heterocycles. The summed E-state index contributed by atoms with van der Waals surface area (Å²) in [7, 11) is 0. The molecule has 1 rings (SSSR count). The van der Waals surface area contributed by atoms with Gasteiger partial charge in [0.2, 0.25) is 5.95 Å². The molecule has 0 saturated carbocycles. The molecule has 0 fully saturated rings. The first-order valence-electron chi connectivity index (χ1n) is 6.43. The number of aromatic nitrogens is 2. The van der Waals surface area contributed by atoms with Gasteiger partial charge in [-0.1, -0.05) is 18.7 Å². The lowest BCUT2D eigenvalue weighted by Crippen LogP contribution is -2.24. The predicted molar refractivity (Wildman–Crippen MR) is 85.1 cm³/mol. The Morgan fingerprint density at radius 2 is 2.20 bits per heavy atom. The predicted octanol–water partition coefficient (Wildman–Crippen LogP) is 3.49. The number of carbonyl (C=O) groups is 1. The molecule has 0 saturated heterocycles. The summed E-state index contributed by atoms with van der Waals surface area (Å²) < 4.78 is 6.03. The Morgan fingerprint density at radius 1 is 1.50 bits per heavy atom. The Labute approximate surface area is 132 Å². The van der Waals surface area contributed by atoms with Gasteiger partial charge < -0.3 is 10.1 Å². The topological polar surface area (TPSA) is 64.1 Å². The average molecular weight is 362 g/mol. The third-order valence-corrected chi connectivity index (χ3v) is 3.80. The van der Waals surface area contributed by atoms with E-state index >= 15 is 0 Å². The van der Waals surface area contributed by atoms with Gasteiger partial charge in [0.25, 0.3) is 0 Å². The molecule has 0 aliphatic carbocycles. The third kappa shape index (κ3) is 6.56. The van der Waals surface area contributed by atoms with Crippen molar-refractivity contribution in [2.24, 2.45) is 0 Å². The number of esters is 1. The van der Waals surface area contributed by atoms with Crippen molar-refractivity contribution in [1.82, 2.24) is 9.97 Å². The monoisotopic (exact) mass is 361 g/mol. The van der Waals surface area contributed by atoms with Crippen LogP contribution in [0.5, 0.6) is 0 Å². The molecule has 5 nitrogen and oxygen atoms in total. The van der Waals surface area contributed by atoms with E-state index in [0.717, 1.165) is 22.5 Å². The molecule has 1 aromatic heterocycles. The van der Waals surface area contributed by atoms with Gasteiger partial charge in [-0.05, 0) is 43.1 Å². The van der Waals surface area contributed by atoms with Crippen LogP contribution in [0.15, 0.2) is 15.7 Å². The molecule has 1 N–H and O–H groups in total. The molecule has 0 bridgehead atoms. The van der Waals surface area contributed by atoms with E-state index in [2.05, 4.69) is 38.1 Å². The number of hydrogen-bond donors (Lipinski definition) is 1. The van der Waals surface area contributed by atoms with E-state index in [0.29, 0.717) is 5.95 Å². The largest absolute Gasteiger partial charge is 0.459 e. The fourth-order valence-corrected chi connectivity index (χ4v) is 2.46. The van der Waals surface area contributed by atoms with Crippen LogP contribution in [0.2, 0.25) is 0 Å². The van der Waals surface area contributed by atoms with Gasteiger partial charge in [0.1, 0.15) is 10.6 Å². The molecule has 0 aliphatic rings. The molecule has 7 heteroatoms. The maximum absolute atomic E-state index is 11.7. The molecular formula is C13H20BrN3O2S. The fraction of sp³-hybridized carbons (Fsp3) is 0.615. The van der Waals surface area contributed by atoms with Crippen molar-refractivity contribution in [3.8, 4) is 0 Å². The van der Waals surface area contributed by atoms with Gasteiger partial charge in [0, 0.05) is 12.7 Å². The summed E-state index contributed by atoms with van der Waals surface area (Å²) in [6, 6.07) is 0. The zero-order valence-electron chi connectivity index (χ0n) is 12.2. The van der Waals surface area contributed by atoms with Crippen molar-refractivity contribution >= 4 is 39.6 Å². The van der Waals surface area contributed by atoms with E-state index < -0.39 is 5.60 Å². The number of anilines is 1. The second kappa shape index (κ2) is 7.83. The molecule has 0 spiro atoms. The lowest BCUT2D eigenvalue weighted by atomic mass is 10.2. The Balaban J connectivity index is 2.60. The second-order valence-electron chi connectivity index (χ2n) is 5.15. The second-order valence-corrected chi connectivity index (χ2v) is 6.97. The molecule has 0 unspecified atom stereocenters. The number of nitrogens with zero attached hydrogens (tertiary/aromatic N) is 2. The van der Waals surface area contributed by atoms with Crippen LogP contribution in [0.3, 0.4) is 0 Å². The summed E-state index contributed by atoms with van der Waals surface area (Å²) in [4.78, 5) is 20.2. The van der Waals surface area contributed by atoms with Gasteiger partial charge in [0.15, 0.2) is 0 Å². The van der Waals surface area contributed by atoms with Crippen molar-refractivity contribution in [3.63, 3.8) is 0 Å². The Hall–Kier alpha value is -0.820. The van der Waals surface area contributed by atoms with Crippen LogP contribution in [0.25, 0.3) is 0 Å². The van der Waals surface area contributed by atoms with Crippen LogP contribution in [0.4, 0.5) is 5.95 Å². The van der Waals surface area contributed by atoms with E-state index in [4.69, 9.17) is 4.74 Å². The summed E-state index contributed by atoms with van der Waals surface area (Å²) in [5.74, 6) is 0.540. The maximum Gasteiger partial charge on any atom is 0.316 e. The molecule has 0 atom stereocenters. The minimum absolute atomic E-state index is 0.222. The normalized spacial score (nSPS) is 11.2. The number of rotatable bonds is 6. The van der Waals surface area contributed by atoms with Crippen molar-refractivity contribution in [2.45, 2.75) is 44.7 Å². The van der Waals surface area contributed by atoms with Gasteiger partial charge in [-0.15, -0.1) is 0 Å². The molecule has 112 valence electrons. The highest BCUT2D eigenvalue weighted by atomic mass is 79.9. The third-order valence-electron chi connectivity index (χ3n) is 1.99. The smallest absolute Gasteiger partial charge is 0.316 e. The number of thioether (sulfide) groups is 1. The Kier molecular flexibility index (Phi) is 6.75. The number of ether oxygens (including phenoxy) is 1. The highest BCUT2D eigenvalue weighted by Crippen LogP contribution is 2.26. The molecule has 0 radical (unpaired) electrons. The van der Waals surface area contributed by atoms with Crippen LogP contribution < -0.4 is 5.32 Å². The summed E-state index contributed by atoms with van der Waals surface area (Å²) >= 11 is 4.72. The minimum atomic E-state index is -0.464. The first-order chi connectivity index (χ1) is 9.31. The van der Waals surface area contributed by atoms with Crippen LogP contribution in [0, 0.1) is 0 Å². The van der Waals surface area contributed by atoms with Crippen LogP contribution >= 0.6 is 27.7 Å². The van der Waals surface area contributed by atoms with Gasteiger partial charge in [-0.3, -0.25) is 4.79 Å². The number of halogens is 1. The van der Waals surface area contributed by atoms with Crippen molar-refractivity contribution in [1.29, 1.82) is 0 Å². The fourth-order valence-electron chi connectivity index (χ4n) is 1.27. The van der Waals surface area contributed by atoms with Crippen molar-refractivity contribution < 1.29 is 9.53 Å². The summed E-state index contributed by atoms with van der Waals surface area (Å²) in [5.41, 5.74) is -0.464. The molecular weight excluding hydrogens is 342 g/mol. The van der Waals surface area contributed by atoms with Gasteiger partial charge in [-0.25, -0.2) is 9.97 Å². The van der Waals surface area contributed by atoms with E-state index in [1.165, 1.54) is 11.8 Å². The summed E-state index contributed by atoms with van der Waals surface area (Å²) in [5, 5.41) is 3.84. The van der Waals surface area contributed by atoms with E-state index in [-0.39, 0.29) is 11.7 Å². The van der Waals surface area contributed by atoms with Gasteiger partial charge >= 0.3 is 5.97 Å². The minimum Gasteiger partial charge on any atom is -0.459 e. The lowest BCUT2D eigenvalue weighted by molar-refractivity contribution is -0.151. The van der Waals surface area contributed by atoms with Crippen LogP contribution in [-0.4, -0.2) is 33.8 Å². The quantitative estimate of drug-likeness (QED) is 0.475. The molecule has 1 heterocycles. The van der Waals surface area contributed by atoms with Crippen LogP contribution in [0.1, 0.15) is 34.1 Å². The Bertz CT molecular complexity index is 463. The standard InChI is InChI=1S/C13H20BrN3O2S/c1-5-6-15-12-16-7-9(14)11(17-12)20-8-10(18)19-13(2,3)4/h7H,5-6,8H2,1-4H3,(H,15,16,17). The SMILES string of the molecule is CCCNc1ncc(Br)c(SCC(=O)OC(C)(C)C)n1. The molecule has 0 aromatic carbocycles. The van der Waals surface area contributed by atoms with Crippen LogP contribution in [-0.2, 0) is 9.53 Å². The zero-order chi connectivity index (χ0) is 15.2. The molecule has 20 heavy (non-hydrogen) atoms.